The van der Waals surface area contributed by atoms with E-state index in [1.165, 1.54) is 19.1 Å². The van der Waals surface area contributed by atoms with Crippen LogP contribution in [0.5, 0.6) is 0 Å². The fourth-order valence-electron chi connectivity index (χ4n) is 0.983. The lowest BCUT2D eigenvalue weighted by atomic mass is 10.2. The zero-order valence-electron chi connectivity index (χ0n) is 7.51. The van der Waals surface area contributed by atoms with Crippen LogP contribution < -0.4 is 0 Å². The number of hydrogen-bond donors (Lipinski definition) is 0. The Morgan fingerprint density at radius 2 is 2.29 bits per heavy atom. The fraction of sp³-hybridized carbons (Fsp3) is 0.100. The van der Waals surface area contributed by atoms with Crippen LogP contribution in [0.4, 0.5) is 4.39 Å². The summed E-state index contributed by atoms with van der Waals surface area (Å²) in [5, 5.41) is -0.0355. The summed E-state index contributed by atoms with van der Waals surface area (Å²) < 4.78 is 13.4. The summed E-state index contributed by atoms with van der Waals surface area (Å²) in [7, 11) is 0. The molecule has 1 nitrogen and oxygen atoms in total. The topological polar surface area (TPSA) is 17.1 Å². The second-order valence-corrected chi connectivity index (χ2v) is 4.58. The van der Waals surface area contributed by atoms with Gasteiger partial charge in [0.15, 0.2) is 5.12 Å². The normalized spacial score (nSPS) is 9.93. The Morgan fingerprint density at radius 3 is 2.79 bits per heavy atom. The maximum atomic E-state index is 13.1. The molecule has 0 heterocycles. The van der Waals surface area contributed by atoms with Gasteiger partial charge in [-0.2, -0.15) is 0 Å². The van der Waals surface area contributed by atoms with Gasteiger partial charge in [-0.1, -0.05) is 24.4 Å². The smallest absolute Gasteiger partial charge is 0.190 e. The third-order valence-electron chi connectivity index (χ3n) is 1.55. The van der Waals surface area contributed by atoms with Gasteiger partial charge in [0.2, 0.25) is 0 Å². The highest BCUT2D eigenvalue weighted by molar-refractivity contribution is 9.10. The van der Waals surface area contributed by atoms with E-state index >= 15 is 0 Å². The van der Waals surface area contributed by atoms with E-state index in [4.69, 9.17) is 0 Å². The van der Waals surface area contributed by atoms with E-state index in [1.54, 1.807) is 6.07 Å². The van der Waals surface area contributed by atoms with Crippen molar-refractivity contribution in [2.24, 2.45) is 0 Å². The van der Waals surface area contributed by atoms with Crippen LogP contribution in [0.2, 0.25) is 0 Å². The van der Waals surface area contributed by atoms with Crippen molar-refractivity contribution in [3.63, 3.8) is 0 Å². The van der Waals surface area contributed by atoms with Crippen molar-refractivity contribution in [1.29, 1.82) is 0 Å². The Kier molecular flexibility index (Phi) is 3.89. The molecule has 0 unspecified atom stereocenters. The van der Waals surface area contributed by atoms with Crippen LogP contribution in [0, 0.1) is 5.82 Å². The Labute approximate surface area is 94.5 Å². The Morgan fingerprint density at radius 1 is 1.64 bits per heavy atom. The summed E-state index contributed by atoms with van der Waals surface area (Å²) in [6.45, 7) is 5.05. The Hall–Kier alpha value is -0.610. The first kappa shape index (κ1) is 11.5. The van der Waals surface area contributed by atoms with Gasteiger partial charge in [0, 0.05) is 17.4 Å². The van der Waals surface area contributed by atoms with Gasteiger partial charge < -0.3 is 0 Å². The molecule has 0 saturated carbocycles. The van der Waals surface area contributed by atoms with Crippen molar-refractivity contribution in [2.45, 2.75) is 11.8 Å². The zero-order valence-corrected chi connectivity index (χ0v) is 9.91. The summed E-state index contributed by atoms with van der Waals surface area (Å²) in [6.07, 6.45) is 1.53. The zero-order chi connectivity index (χ0) is 10.7. The lowest BCUT2D eigenvalue weighted by molar-refractivity contribution is -0.109. The van der Waals surface area contributed by atoms with Crippen molar-refractivity contribution < 1.29 is 9.18 Å². The molecule has 0 bridgehead atoms. The Balaban J connectivity index is 3.23. The van der Waals surface area contributed by atoms with Gasteiger partial charge in [-0.05, 0) is 28.1 Å². The van der Waals surface area contributed by atoms with Gasteiger partial charge in [-0.15, -0.1) is 0 Å². The molecular weight excluding hydrogens is 267 g/mol. The predicted molar refractivity (Wildman–Crippen MR) is 60.7 cm³/mol. The highest BCUT2D eigenvalue weighted by Gasteiger charge is 2.10. The molecule has 1 aromatic carbocycles. The molecule has 4 heteroatoms. The van der Waals surface area contributed by atoms with Crippen molar-refractivity contribution in [1.82, 2.24) is 0 Å². The predicted octanol–water partition coefficient (Wildman–Crippen LogP) is 3.87. The van der Waals surface area contributed by atoms with Gasteiger partial charge in [-0.3, -0.25) is 4.79 Å². The van der Waals surface area contributed by atoms with Crippen molar-refractivity contribution >= 4 is 38.9 Å². The van der Waals surface area contributed by atoms with E-state index in [9.17, 15) is 9.18 Å². The summed E-state index contributed by atoms with van der Waals surface area (Å²) in [4.78, 5) is 11.6. The van der Waals surface area contributed by atoms with Crippen molar-refractivity contribution in [3.05, 3.63) is 34.6 Å². The van der Waals surface area contributed by atoms with E-state index in [1.807, 2.05) is 0 Å². The molecule has 0 saturated heterocycles. The van der Waals surface area contributed by atoms with E-state index in [-0.39, 0.29) is 10.9 Å². The van der Waals surface area contributed by atoms with Gasteiger partial charge in [-0.25, -0.2) is 4.39 Å². The van der Waals surface area contributed by atoms with Gasteiger partial charge in [0.25, 0.3) is 0 Å². The first-order valence-corrected chi connectivity index (χ1v) is 5.46. The largest absolute Gasteiger partial charge is 0.287 e. The molecule has 1 rings (SSSR count). The molecule has 0 aliphatic rings. The minimum Gasteiger partial charge on any atom is -0.287 e. The molecule has 0 amide bonds. The summed E-state index contributed by atoms with van der Waals surface area (Å²) in [5.41, 5.74) is 0.616. The molecule has 14 heavy (non-hydrogen) atoms. The quantitative estimate of drug-likeness (QED) is 0.762. The van der Waals surface area contributed by atoms with Crippen LogP contribution in [0.25, 0.3) is 6.08 Å². The van der Waals surface area contributed by atoms with Gasteiger partial charge >= 0.3 is 0 Å². The second-order valence-electron chi connectivity index (χ2n) is 2.57. The van der Waals surface area contributed by atoms with Crippen LogP contribution in [0.3, 0.4) is 0 Å². The molecule has 0 N–H and O–H groups in total. The maximum absolute atomic E-state index is 13.1. The maximum Gasteiger partial charge on any atom is 0.190 e. The number of rotatable bonds is 2. The highest BCUT2D eigenvalue weighted by atomic mass is 79.9. The SMILES string of the molecule is C=Cc1c(SC(C)=O)ccc(F)c1Br. The number of thioether (sulfide) groups is 1. The number of carbonyl (C=O) groups is 1. The minimum atomic E-state index is -0.354. The van der Waals surface area contributed by atoms with Gasteiger partial charge in [0.05, 0.1) is 4.47 Å². The van der Waals surface area contributed by atoms with E-state index in [2.05, 4.69) is 22.5 Å². The monoisotopic (exact) mass is 274 g/mol. The third-order valence-corrected chi connectivity index (χ3v) is 3.22. The van der Waals surface area contributed by atoms with Crippen molar-refractivity contribution in [3.8, 4) is 0 Å². The average molecular weight is 275 g/mol. The number of carbonyl (C=O) groups excluding carboxylic acids is 1. The van der Waals surface area contributed by atoms with Gasteiger partial charge in [0.1, 0.15) is 5.82 Å². The minimum absolute atomic E-state index is 0.0355. The molecule has 74 valence electrons. The van der Waals surface area contributed by atoms with Crippen LogP contribution in [-0.4, -0.2) is 5.12 Å². The molecule has 0 aromatic heterocycles. The molecule has 0 aliphatic heterocycles. The van der Waals surface area contributed by atoms with E-state index < -0.39 is 0 Å². The molecule has 0 aliphatic carbocycles. The summed E-state index contributed by atoms with van der Waals surface area (Å²) in [6, 6.07) is 2.89. The molecule has 0 fully saturated rings. The standard InChI is InChI=1S/C10H8BrFOS/c1-3-7-9(14-6(2)13)5-4-8(12)10(7)11/h3-5H,1H2,2H3. The molecule has 0 radical (unpaired) electrons. The number of hydrogen-bond acceptors (Lipinski definition) is 2. The average Bonchev–Trinajstić information content (AvgIpc) is 2.11. The molecule has 0 atom stereocenters. The first-order valence-electron chi connectivity index (χ1n) is 3.85. The summed E-state index contributed by atoms with van der Waals surface area (Å²) >= 11 is 4.18. The Bertz CT molecular complexity index is 390. The van der Waals surface area contributed by atoms with E-state index in [0.29, 0.717) is 14.9 Å². The lowest BCUT2D eigenvalue weighted by Gasteiger charge is -2.06. The van der Waals surface area contributed by atoms with Crippen LogP contribution in [0.15, 0.2) is 28.1 Å². The van der Waals surface area contributed by atoms with Crippen LogP contribution >= 0.6 is 27.7 Å². The fourth-order valence-corrected chi connectivity index (χ4v) is 2.36. The van der Waals surface area contributed by atoms with Crippen LogP contribution in [-0.2, 0) is 4.79 Å². The number of halogens is 2. The third kappa shape index (κ3) is 2.45. The van der Waals surface area contributed by atoms with E-state index in [0.717, 1.165) is 11.8 Å². The second kappa shape index (κ2) is 4.75. The molecule has 0 spiro atoms. The van der Waals surface area contributed by atoms with Crippen molar-refractivity contribution in [2.75, 3.05) is 0 Å². The highest BCUT2D eigenvalue weighted by Crippen LogP contribution is 2.31. The molecule has 1 aromatic rings. The number of benzene rings is 1. The molecular formula is C10H8BrFOS. The first-order chi connectivity index (χ1) is 6.56. The summed E-state index contributed by atoms with van der Waals surface area (Å²) in [5.74, 6) is -0.354. The lowest BCUT2D eigenvalue weighted by Crippen LogP contribution is -1.89. The van der Waals surface area contributed by atoms with Crippen LogP contribution in [0.1, 0.15) is 12.5 Å².